The summed E-state index contributed by atoms with van der Waals surface area (Å²) in [4.78, 5) is 33.9. The molecule has 0 aliphatic rings. The van der Waals surface area contributed by atoms with Gasteiger partial charge in [0, 0.05) is 19.4 Å². The molecule has 1 amide bonds. The van der Waals surface area contributed by atoms with Crippen LogP contribution in [0.2, 0.25) is 0 Å². The van der Waals surface area contributed by atoms with Gasteiger partial charge in [0.1, 0.15) is 12.7 Å². The molecule has 0 aliphatic carbocycles. The summed E-state index contributed by atoms with van der Waals surface area (Å²) in [6, 6.07) is 0. The Bertz CT molecular complexity index is 1210. The fourth-order valence-corrected chi connectivity index (χ4v) is 6.25. The molecule has 2 unspecified atom stereocenters. The number of esters is 1. The van der Waals surface area contributed by atoms with Crippen molar-refractivity contribution in [3.63, 3.8) is 0 Å². The average Bonchev–Trinajstić information content (AvgIpc) is 3.20. The molecule has 3 N–H and O–H groups in total. The Morgan fingerprint density at radius 2 is 1.00 bits per heavy atom. The average molecular weight is 818 g/mol. The van der Waals surface area contributed by atoms with Gasteiger partial charge in [0.25, 0.3) is 0 Å². The number of ether oxygens (including phenoxy) is 1. The maximum Gasteiger partial charge on any atom is 0.472 e. The third-order valence-corrected chi connectivity index (χ3v) is 9.79. The number of phosphoric acid groups is 1. The fraction of sp³-hybridized carbons (Fsp3) is 0.660. The highest BCUT2D eigenvalue weighted by molar-refractivity contribution is 7.47. The Kier molecular flexibility index (Phi) is 40.7. The van der Waals surface area contributed by atoms with Gasteiger partial charge in [-0.1, -0.05) is 150 Å². The van der Waals surface area contributed by atoms with Crippen molar-refractivity contribution in [2.45, 2.75) is 174 Å². The monoisotopic (exact) mass is 818 g/mol. The molecule has 0 bridgehead atoms. The van der Waals surface area contributed by atoms with Crippen LogP contribution in [0, 0.1) is 0 Å². The van der Waals surface area contributed by atoms with Crippen LogP contribution in [0.5, 0.6) is 0 Å². The van der Waals surface area contributed by atoms with E-state index in [0.29, 0.717) is 6.42 Å². The minimum Gasteiger partial charge on any atom is -0.463 e. The van der Waals surface area contributed by atoms with Crippen molar-refractivity contribution in [3.8, 4) is 0 Å². The van der Waals surface area contributed by atoms with E-state index in [0.717, 1.165) is 96.3 Å². The van der Waals surface area contributed by atoms with Crippen molar-refractivity contribution in [1.82, 2.24) is 5.32 Å². The summed E-state index contributed by atoms with van der Waals surface area (Å²) < 4.78 is 26.8. The maximum atomic E-state index is 12.1. The number of unbranched alkanes of at least 4 members (excludes halogenated alkanes) is 13. The molecule has 0 aromatic rings. The van der Waals surface area contributed by atoms with Crippen LogP contribution in [0.4, 0.5) is 0 Å². The Labute approximate surface area is 347 Å². The number of amides is 1. The zero-order valence-electron chi connectivity index (χ0n) is 35.8. The second-order valence-corrected chi connectivity index (χ2v) is 15.7. The van der Waals surface area contributed by atoms with Gasteiger partial charge >= 0.3 is 13.8 Å². The molecule has 0 rings (SSSR count). The number of nitrogens with one attached hydrogen (secondary N) is 1. The van der Waals surface area contributed by atoms with Crippen LogP contribution in [0.25, 0.3) is 0 Å². The largest absolute Gasteiger partial charge is 0.472 e. The number of aliphatic hydroxyl groups excluding tert-OH is 1. The second-order valence-electron chi connectivity index (χ2n) is 14.3. The summed E-state index contributed by atoms with van der Waals surface area (Å²) in [6.45, 7) is 3.35. The molecule has 0 heterocycles. The third-order valence-electron chi connectivity index (χ3n) is 8.81. The Morgan fingerprint density at radius 1 is 0.561 bits per heavy atom. The van der Waals surface area contributed by atoms with E-state index in [-0.39, 0.29) is 32.1 Å². The van der Waals surface area contributed by atoms with Crippen LogP contribution in [-0.2, 0) is 27.9 Å². The third kappa shape index (κ3) is 44.1. The molecular weight excluding hydrogens is 737 g/mol. The van der Waals surface area contributed by atoms with Crippen molar-refractivity contribution < 1.29 is 37.9 Å². The predicted octanol–water partition coefficient (Wildman–Crippen LogP) is 12.4. The summed E-state index contributed by atoms with van der Waals surface area (Å²) in [7, 11) is -4.44. The zero-order chi connectivity index (χ0) is 41.8. The van der Waals surface area contributed by atoms with Crippen LogP contribution in [0.15, 0.2) is 85.1 Å². The lowest BCUT2D eigenvalue weighted by molar-refractivity contribution is -0.147. The van der Waals surface area contributed by atoms with E-state index in [2.05, 4.69) is 104 Å². The molecule has 0 fully saturated rings. The Hall–Kier alpha value is -2.81. The minimum atomic E-state index is -4.44. The van der Waals surface area contributed by atoms with Crippen molar-refractivity contribution in [2.75, 3.05) is 26.4 Å². The highest BCUT2D eigenvalue weighted by atomic mass is 31.2. The lowest BCUT2D eigenvalue weighted by Gasteiger charge is -2.15. The number of rotatable bonds is 40. The topological polar surface area (TPSA) is 131 Å². The zero-order valence-corrected chi connectivity index (χ0v) is 36.6. The van der Waals surface area contributed by atoms with Gasteiger partial charge in [-0.3, -0.25) is 18.6 Å². The van der Waals surface area contributed by atoms with E-state index in [1.807, 2.05) is 0 Å². The molecule has 0 radical (unpaired) electrons. The first-order chi connectivity index (χ1) is 27.8. The fourth-order valence-electron chi connectivity index (χ4n) is 5.49. The molecule has 9 nitrogen and oxygen atoms in total. The van der Waals surface area contributed by atoms with Crippen molar-refractivity contribution >= 4 is 19.7 Å². The lowest BCUT2D eigenvalue weighted by atomic mass is 10.1. The molecule has 0 saturated carbocycles. The molecule has 0 aromatic heterocycles. The molecule has 0 saturated heterocycles. The number of aliphatic hydroxyl groups is 1. The number of allylic oxidation sites excluding steroid dienone is 14. The number of hydrogen-bond acceptors (Lipinski definition) is 7. The van der Waals surface area contributed by atoms with Crippen molar-refractivity contribution in [1.29, 1.82) is 0 Å². The summed E-state index contributed by atoms with van der Waals surface area (Å²) in [5, 5.41) is 12.7. The van der Waals surface area contributed by atoms with Crippen LogP contribution in [-0.4, -0.2) is 54.3 Å². The van der Waals surface area contributed by atoms with E-state index < -0.39 is 26.5 Å². The van der Waals surface area contributed by atoms with Crippen LogP contribution in [0.1, 0.15) is 168 Å². The number of phosphoric ester groups is 1. The van der Waals surface area contributed by atoms with Gasteiger partial charge in [-0.05, 0) is 89.9 Å². The summed E-state index contributed by atoms with van der Waals surface area (Å²) in [6.07, 6.45) is 53.7. The van der Waals surface area contributed by atoms with Gasteiger partial charge in [0.15, 0.2) is 0 Å². The van der Waals surface area contributed by atoms with E-state index in [9.17, 15) is 24.2 Å². The normalized spacial score (nSPS) is 14.1. The SMILES string of the molecule is CC/C=C\C/C=C\C/C=C\C/C=C\C/C=C\C/C=C\CCCCC(=O)NCCOP(=O)(O)OCC(O)COC(=O)CCCCCCC/C=C\CCCCCCCC. The second kappa shape index (κ2) is 42.8. The molecule has 0 aliphatic heterocycles. The number of carbonyl (C=O) groups excluding carboxylic acids is 2. The first kappa shape index (κ1) is 54.2. The lowest BCUT2D eigenvalue weighted by Crippen LogP contribution is -2.27. The first-order valence-corrected chi connectivity index (χ1v) is 23.6. The van der Waals surface area contributed by atoms with Gasteiger partial charge in [0.05, 0.1) is 13.2 Å². The first-order valence-electron chi connectivity index (χ1n) is 22.1. The standard InChI is InChI=1S/C47H80NO8P/c1-3-5-7-9-11-13-15-17-19-20-21-22-23-24-26-27-29-31-33-35-37-39-46(50)48-41-42-55-57(52,53)56-44-45(49)43-54-47(51)40-38-36-34-32-30-28-25-18-16-14-12-10-8-6-4-2/h5,7,11,13,17-19,21-22,24-26,29,31,45,49H,3-4,6,8-10,12,14-16,20,23,27-28,30,32-44H2,1-2H3,(H,48,50)(H,52,53)/b7-5-,13-11-,19-17-,22-21-,25-18-,26-24-,31-29-. The highest BCUT2D eigenvalue weighted by Gasteiger charge is 2.23. The van der Waals surface area contributed by atoms with Gasteiger partial charge in [-0.25, -0.2) is 4.57 Å². The molecule has 10 heteroatoms. The Morgan fingerprint density at radius 3 is 1.54 bits per heavy atom. The van der Waals surface area contributed by atoms with Gasteiger partial charge in [-0.15, -0.1) is 0 Å². The highest BCUT2D eigenvalue weighted by Crippen LogP contribution is 2.42. The number of hydrogen-bond donors (Lipinski definition) is 3. The predicted molar refractivity (Wildman–Crippen MR) is 238 cm³/mol. The van der Waals surface area contributed by atoms with E-state index in [1.165, 1.54) is 44.9 Å². The van der Waals surface area contributed by atoms with Gasteiger partial charge in [-0.2, -0.15) is 0 Å². The summed E-state index contributed by atoms with van der Waals surface area (Å²) in [5.74, 6) is -0.575. The van der Waals surface area contributed by atoms with Crippen LogP contribution < -0.4 is 5.32 Å². The summed E-state index contributed by atoms with van der Waals surface area (Å²) >= 11 is 0. The van der Waals surface area contributed by atoms with Crippen LogP contribution >= 0.6 is 7.82 Å². The Balaban J connectivity index is 3.71. The maximum absolute atomic E-state index is 12.1. The van der Waals surface area contributed by atoms with Crippen molar-refractivity contribution in [3.05, 3.63) is 85.1 Å². The molecule has 2 atom stereocenters. The van der Waals surface area contributed by atoms with Crippen LogP contribution in [0.3, 0.4) is 0 Å². The minimum absolute atomic E-state index is 0.0520. The van der Waals surface area contributed by atoms with E-state index in [1.54, 1.807) is 0 Å². The van der Waals surface area contributed by atoms with Gasteiger partial charge in [0.2, 0.25) is 5.91 Å². The molecule has 0 aromatic carbocycles. The van der Waals surface area contributed by atoms with Gasteiger partial charge < -0.3 is 20.1 Å². The quantitative estimate of drug-likeness (QED) is 0.0241. The smallest absolute Gasteiger partial charge is 0.463 e. The molecule has 326 valence electrons. The molecule has 57 heavy (non-hydrogen) atoms. The van der Waals surface area contributed by atoms with E-state index >= 15 is 0 Å². The van der Waals surface area contributed by atoms with Crippen molar-refractivity contribution in [2.24, 2.45) is 0 Å². The number of carbonyl (C=O) groups is 2. The molecule has 0 spiro atoms. The van der Waals surface area contributed by atoms with E-state index in [4.69, 9.17) is 13.8 Å². The molecular formula is C47H80NO8P. The summed E-state index contributed by atoms with van der Waals surface area (Å²) in [5.41, 5.74) is 0.